The standard InChI is InChI=1S/C23H26BrNO5/c1-14(26)18-11-10-17(13-19(18)24)16-8-6-15(7-9-16)12-20(21(27)29-5)25-22(28)30-23(2,3)4/h6-11,13,20H,12H2,1-5H3,(H,25,28)/t20-/m0/s1. The van der Waals surface area contributed by atoms with Gasteiger partial charge in [0.2, 0.25) is 0 Å². The number of hydrogen-bond donors (Lipinski definition) is 1. The van der Waals surface area contributed by atoms with E-state index in [4.69, 9.17) is 9.47 Å². The first-order chi connectivity index (χ1) is 14.0. The van der Waals surface area contributed by atoms with Crippen LogP contribution >= 0.6 is 15.9 Å². The maximum absolute atomic E-state index is 12.1. The highest BCUT2D eigenvalue weighted by molar-refractivity contribution is 9.10. The third kappa shape index (κ3) is 6.69. The lowest BCUT2D eigenvalue weighted by Crippen LogP contribution is -2.45. The van der Waals surface area contributed by atoms with Gasteiger partial charge < -0.3 is 14.8 Å². The molecule has 0 aromatic heterocycles. The molecule has 1 atom stereocenters. The number of carbonyl (C=O) groups is 3. The molecule has 2 rings (SSSR count). The predicted octanol–water partition coefficient (Wildman–Crippen LogP) is 4.93. The average Bonchev–Trinajstić information content (AvgIpc) is 2.65. The Morgan fingerprint density at radius 2 is 1.63 bits per heavy atom. The van der Waals surface area contributed by atoms with Crippen LogP contribution in [0, 0.1) is 0 Å². The second kappa shape index (κ2) is 9.89. The van der Waals surface area contributed by atoms with Gasteiger partial charge in [-0.15, -0.1) is 0 Å². The Labute approximate surface area is 185 Å². The summed E-state index contributed by atoms with van der Waals surface area (Å²) < 4.78 is 10.8. The van der Waals surface area contributed by atoms with Gasteiger partial charge in [-0.1, -0.05) is 46.3 Å². The number of ether oxygens (including phenoxy) is 2. The minimum atomic E-state index is -0.861. The lowest BCUT2D eigenvalue weighted by atomic mass is 9.99. The summed E-state index contributed by atoms with van der Waals surface area (Å²) in [4.78, 5) is 35.7. The van der Waals surface area contributed by atoms with Crippen molar-refractivity contribution in [1.29, 1.82) is 0 Å². The van der Waals surface area contributed by atoms with Crippen molar-refractivity contribution in [2.75, 3.05) is 7.11 Å². The van der Waals surface area contributed by atoms with Crippen molar-refractivity contribution in [3.05, 3.63) is 58.1 Å². The molecule has 0 saturated carbocycles. The van der Waals surface area contributed by atoms with Crippen LogP contribution in [-0.2, 0) is 20.7 Å². The number of methoxy groups -OCH3 is 1. The molecule has 0 bridgehead atoms. The number of nitrogens with one attached hydrogen (secondary N) is 1. The quantitative estimate of drug-likeness (QED) is 0.473. The van der Waals surface area contributed by atoms with Crippen LogP contribution in [-0.4, -0.2) is 36.6 Å². The molecule has 0 aliphatic carbocycles. The van der Waals surface area contributed by atoms with Crippen LogP contribution in [0.1, 0.15) is 43.6 Å². The van der Waals surface area contributed by atoms with Crippen LogP contribution in [0.4, 0.5) is 4.79 Å². The molecule has 0 aliphatic rings. The third-order valence-corrected chi connectivity index (χ3v) is 4.91. The number of rotatable bonds is 6. The SMILES string of the molecule is COC(=O)[C@H](Cc1ccc(-c2ccc(C(C)=O)c(Br)c2)cc1)NC(=O)OC(C)(C)C. The summed E-state index contributed by atoms with van der Waals surface area (Å²) in [5.74, 6) is -0.552. The Hall–Kier alpha value is -2.67. The second-order valence-electron chi connectivity index (χ2n) is 7.87. The molecule has 1 N–H and O–H groups in total. The highest BCUT2D eigenvalue weighted by Crippen LogP contribution is 2.27. The first-order valence-corrected chi connectivity index (χ1v) is 10.3. The van der Waals surface area contributed by atoms with Crippen LogP contribution in [0.15, 0.2) is 46.9 Å². The maximum atomic E-state index is 12.1. The summed E-state index contributed by atoms with van der Waals surface area (Å²) in [5.41, 5.74) is 2.73. The van der Waals surface area contributed by atoms with Crippen LogP contribution < -0.4 is 5.32 Å². The van der Waals surface area contributed by atoms with Gasteiger partial charge >= 0.3 is 12.1 Å². The van der Waals surface area contributed by atoms with Crippen molar-refractivity contribution in [2.45, 2.75) is 45.8 Å². The molecule has 160 valence electrons. The van der Waals surface area contributed by atoms with E-state index in [1.54, 1.807) is 26.8 Å². The fourth-order valence-electron chi connectivity index (χ4n) is 2.83. The van der Waals surface area contributed by atoms with E-state index in [-0.39, 0.29) is 12.2 Å². The van der Waals surface area contributed by atoms with Crippen molar-refractivity contribution >= 4 is 33.8 Å². The minimum absolute atomic E-state index is 0.00453. The molecule has 2 aromatic rings. The van der Waals surface area contributed by atoms with Gasteiger partial charge in [-0.3, -0.25) is 4.79 Å². The zero-order valence-electron chi connectivity index (χ0n) is 17.7. The van der Waals surface area contributed by atoms with Gasteiger partial charge in [0.1, 0.15) is 11.6 Å². The number of alkyl carbamates (subject to hydrolysis) is 1. The number of benzene rings is 2. The fourth-order valence-corrected chi connectivity index (χ4v) is 3.49. The van der Waals surface area contributed by atoms with E-state index in [1.807, 2.05) is 36.4 Å². The van der Waals surface area contributed by atoms with Crippen molar-refractivity contribution in [1.82, 2.24) is 5.32 Å². The summed E-state index contributed by atoms with van der Waals surface area (Å²) in [6.07, 6.45) is -0.413. The molecule has 0 aliphatic heterocycles. The van der Waals surface area contributed by atoms with Crippen molar-refractivity contribution < 1.29 is 23.9 Å². The summed E-state index contributed by atoms with van der Waals surface area (Å²) in [6, 6.07) is 12.3. The molecule has 7 heteroatoms. The van der Waals surface area contributed by atoms with Gasteiger partial charge in [0.15, 0.2) is 5.78 Å². The van der Waals surface area contributed by atoms with Crippen LogP contribution in [0.3, 0.4) is 0 Å². The number of halogens is 1. The summed E-state index contributed by atoms with van der Waals surface area (Å²) in [6.45, 7) is 6.77. The first kappa shape index (κ1) is 23.6. The smallest absolute Gasteiger partial charge is 0.408 e. The van der Waals surface area contributed by atoms with Gasteiger partial charge in [0.25, 0.3) is 0 Å². The molecule has 0 unspecified atom stereocenters. The molecule has 1 amide bonds. The molecular formula is C23H26BrNO5. The zero-order chi connectivity index (χ0) is 22.5. The summed E-state index contributed by atoms with van der Waals surface area (Å²) >= 11 is 3.44. The second-order valence-corrected chi connectivity index (χ2v) is 8.73. The fraction of sp³-hybridized carbons (Fsp3) is 0.348. The van der Waals surface area contributed by atoms with E-state index in [9.17, 15) is 14.4 Å². The van der Waals surface area contributed by atoms with Gasteiger partial charge in [-0.2, -0.15) is 0 Å². The number of amides is 1. The van der Waals surface area contributed by atoms with E-state index in [0.29, 0.717) is 5.56 Å². The lowest BCUT2D eigenvalue weighted by molar-refractivity contribution is -0.143. The maximum Gasteiger partial charge on any atom is 0.408 e. The first-order valence-electron chi connectivity index (χ1n) is 9.47. The Kier molecular flexibility index (Phi) is 7.78. The molecule has 0 spiro atoms. The van der Waals surface area contributed by atoms with E-state index in [1.165, 1.54) is 14.0 Å². The minimum Gasteiger partial charge on any atom is -0.467 e. The number of esters is 1. The molecule has 30 heavy (non-hydrogen) atoms. The number of Topliss-reactive ketones (excluding diaryl/α,β-unsaturated/α-hetero) is 1. The Bertz CT molecular complexity index is 932. The van der Waals surface area contributed by atoms with Crippen molar-refractivity contribution in [3.63, 3.8) is 0 Å². The Balaban J connectivity index is 2.15. The largest absolute Gasteiger partial charge is 0.467 e. The summed E-state index contributed by atoms with van der Waals surface area (Å²) in [7, 11) is 1.28. The van der Waals surface area contributed by atoms with Crippen molar-refractivity contribution in [2.24, 2.45) is 0 Å². The monoisotopic (exact) mass is 475 g/mol. The highest BCUT2D eigenvalue weighted by Gasteiger charge is 2.25. The van der Waals surface area contributed by atoms with Gasteiger partial charge in [0.05, 0.1) is 7.11 Å². The molecule has 0 radical (unpaired) electrons. The molecule has 6 nitrogen and oxygen atoms in total. The van der Waals surface area contributed by atoms with Crippen LogP contribution in [0.5, 0.6) is 0 Å². The van der Waals surface area contributed by atoms with Gasteiger partial charge in [-0.25, -0.2) is 9.59 Å². The molecule has 2 aromatic carbocycles. The molecular weight excluding hydrogens is 450 g/mol. The highest BCUT2D eigenvalue weighted by atomic mass is 79.9. The number of hydrogen-bond acceptors (Lipinski definition) is 5. The average molecular weight is 476 g/mol. The van der Waals surface area contributed by atoms with E-state index < -0.39 is 23.7 Å². The molecule has 0 heterocycles. The third-order valence-electron chi connectivity index (χ3n) is 4.25. The Morgan fingerprint density at radius 3 is 2.13 bits per heavy atom. The lowest BCUT2D eigenvalue weighted by Gasteiger charge is -2.22. The predicted molar refractivity (Wildman–Crippen MR) is 118 cm³/mol. The van der Waals surface area contributed by atoms with E-state index >= 15 is 0 Å². The van der Waals surface area contributed by atoms with Gasteiger partial charge in [0, 0.05) is 16.5 Å². The van der Waals surface area contributed by atoms with E-state index in [0.717, 1.165) is 21.2 Å². The Morgan fingerprint density at radius 1 is 1.03 bits per heavy atom. The van der Waals surface area contributed by atoms with E-state index in [2.05, 4.69) is 21.2 Å². The molecule has 0 fully saturated rings. The summed E-state index contributed by atoms with van der Waals surface area (Å²) in [5, 5.41) is 2.57. The van der Waals surface area contributed by atoms with Crippen LogP contribution in [0.2, 0.25) is 0 Å². The van der Waals surface area contributed by atoms with Gasteiger partial charge in [-0.05, 0) is 56.5 Å². The molecule has 0 saturated heterocycles. The van der Waals surface area contributed by atoms with Crippen molar-refractivity contribution in [3.8, 4) is 11.1 Å². The topological polar surface area (TPSA) is 81.7 Å². The number of carbonyl (C=O) groups excluding carboxylic acids is 3. The zero-order valence-corrected chi connectivity index (χ0v) is 19.3. The van der Waals surface area contributed by atoms with Crippen LogP contribution in [0.25, 0.3) is 11.1 Å². The normalized spacial score (nSPS) is 12.1. The number of ketones is 1.